The fourth-order valence-electron chi connectivity index (χ4n) is 3.75. The third-order valence-electron chi connectivity index (χ3n) is 5.74. The van der Waals surface area contributed by atoms with Gasteiger partial charge < -0.3 is 10.6 Å². The van der Waals surface area contributed by atoms with E-state index in [4.69, 9.17) is 0 Å². The molecule has 3 aromatic carbocycles. The average molecular weight is 472 g/mol. The number of aromatic nitrogens is 3. The fraction of sp³-hybridized carbons (Fsp3) is 0.222. The molecule has 0 atom stereocenters. The third kappa shape index (κ3) is 5.48. The van der Waals surface area contributed by atoms with Gasteiger partial charge in [-0.2, -0.15) is 0 Å². The first-order valence-electron chi connectivity index (χ1n) is 11.2. The maximum Gasteiger partial charge on any atom is 0.234 e. The number of carbonyl (C=O) groups is 1. The molecule has 0 unspecified atom stereocenters. The largest absolute Gasteiger partial charge is 0.377 e. The summed E-state index contributed by atoms with van der Waals surface area (Å²) in [5, 5.41) is 16.0. The second-order valence-electron chi connectivity index (χ2n) is 8.33. The monoisotopic (exact) mass is 471 g/mol. The molecule has 1 heterocycles. The van der Waals surface area contributed by atoms with Crippen LogP contribution in [0.25, 0.3) is 5.69 Å². The molecule has 4 aromatic rings. The molecule has 174 valence electrons. The van der Waals surface area contributed by atoms with Gasteiger partial charge in [-0.3, -0.25) is 9.36 Å². The molecular weight excluding hydrogens is 442 g/mol. The molecule has 0 aliphatic carbocycles. The average Bonchev–Trinajstić information content (AvgIpc) is 3.23. The molecule has 0 bridgehead atoms. The lowest BCUT2D eigenvalue weighted by molar-refractivity contribution is -0.113. The van der Waals surface area contributed by atoms with Crippen molar-refractivity contribution in [3.05, 3.63) is 94.8 Å². The molecule has 6 nitrogen and oxygen atoms in total. The lowest BCUT2D eigenvalue weighted by Gasteiger charge is -2.14. The highest BCUT2D eigenvalue weighted by molar-refractivity contribution is 7.99. The number of thioether (sulfide) groups is 1. The highest BCUT2D eigenvalue weighted by atomic mass is 32.2. The number of hydrogen-bond donors (Lipinski definition) is 2. The molecule has 1 amide bonds. The van der Waals surface area contributed by atoms with Crippen LogP contribution in [0, 0.1) is 27.7 Å². The van der Waals surface area contributed by atoms with Crippen LogP contribution in [0.4, 0.5) is 11.4 Å². The zero-order valence-electron chi connectivity index (χ0n) is 19.9. The molecule has 0 aliphatic rings. The number of aryl methyl sites for hydroxylation is 4. The highest BCUT2D eigenvalue weighted by Crippen LogP contribution is 2.25. The van der Waals surface area contributed by atoms with E-state index in [0.717, 1.165) is 28.5 Å². The van der Waals surface area contributed by atoms with Crippen molar-refractivity contribution in [2.24, 2.45) is 0 Å². The molecule has 4 rings (SSSR count). The Bertz CT molecular complexity index is 1280. The maximum atomic E-state index is 12.6. The third-order valence-corrected chi connectivity index (χ3v) is 6.67. The summed E-state index contributed by atoms with van der Waals surface area (Å²) in [5.74, 6) is 0.944. The summed E-state index contributed by atoms with van der Waals surface area (Å²) in [6, 6.07) is 22.1. The minimum Gasteiger partial charge on any atom is -0.377 e. The minimum absolute atomic E-state index is 0.0777. The Morgan fingerprint density at radius 2 is 1.59 bits per heavy atom. The van der Waals surface area contributed by atoms with Gasteiger partial charge in [-0.05, 0) is 74.2 Å². The van der Waals surface area contributed by atoms with Gasteiger partial charge in [-0.15, -0.1) is 10.2 Å². The molecule has 0 fully saturated rings. The van der Waals surface area contributed by atoms with E-state index in [9.17, 15) is 4.79 Å². The predicted molar refractivity (Wildman–Crippen MR) is 140 cm³/mol. The van der Waals surface area contributed by atoms with E-state index >= 15 is 0 Å². The summed E-state index contributed by atoms with van der Waals surface area (Å²) in [7, 11) is 0. The van der Waals surface area contributed by atoms with Crippen molar-refractivity contribution in [3.8, 4) is 5.69 Å². The Hall–Kier alpha value is -3.58. The van der Waals surface area contributed by atoms with E-state index < -0.39 is 0 Å². The molecule has 0 spiro atoms. The zero-order valence-corrected chi connectivity index (χ0v) is 20.7. The first-order chi connectivity index (χ1) is 16.4. The first kappa shape index (κ1) is 23.6. The van der Waals surface area contributed by atoms with Gasteiger partial charge in [0, 0.05) is 17.1 Å². The van der Waals surface area contributed by atoms with Crippen molar-refractivity contribution in [2.75, 3.05) is 16.4 Å². The summed E-state index contributed by atoms with van der Waals surface area (Å²) < 4.78 is 2.01. The number of amides is 1. The molecule has 0 saturated carbocycles. The van der Waals surface area contributed by atoms with Crippen molar-refractivity contribution in [3.63, 3.8) is 0 Å². The Labute approximate surface area is 204 Å². The van der Waals surface area contributed by atoms with Crippen LogP contribution in [-0.2, 0) is 11.3 Å². The zero-order chi connectivity index (χ0) is 24.1. The number of rotatable bonds is 8. The van der Waals surface area contributed by atoms with Gasteiger partial charge in [0.25, 0.3) is 0 Å². The molecule has 0 saturated heterocycles. The molecular formula is C27H29N5OS. The summed E-state index contributed by atoms with van der Waals surface area (Å²) in [6.07, 6.45) is 0. The van der Waals surface area contributed by atoms with Gasteiger partial charge in [0.15, 0.2) is 11.0 Å². The van der Waals surface area contributed by atoms with Crippen LogP contribution < -0.4 is 10.6 Å². The minimum atomic E-state index is -0.0777. The Balaban J connectivity index is 1.51. The number of anilines is 2. The van der Waals surface area contributed by atoms with Gasteiger partial charge in [0.2, 0.25) is 5.91 Å². The summed E-state index contributed by atoms with van der Waals surface area (Å²) in [6.45, 7) is 8.79. The Morgan fingerprint density at radius 3 is 2.29 bits per heavy atom. The van der Waals surface area contributed by atoms with Gasteiger partial charge in [0.1, 0.15) is 0 Å². The predicted octanol–water partition coefficient (Wildman–Crippen LogP) is 5.84. The van der Waals surface area contributed by atoms with E-state index in [1.165, 1.54) is 28.5 Å². The van der Waals surface area contributed by atoms with Crippen molar-refractivity contribution < 1.29 is 4.79 Å². The Kier molecular flexibility index (Phi) is 7.33. The van der Waals surface area contributed by atoms with E-state index in [1.54, 1.807) is 0 Å². The van der Waals surface area contributed by atoms with E-state index in [2.05, 4.69) is 59.8 Å². The Morgan fingerprint density at radius 1 is 0.853 bits per heavy atom. The topological polar surface area (TPSA) is 71.8 Å². The molecule has 1 aromatic heterocycles. The normalized spacial score (nSPS) is 10.8. The lowest BCUT2D eigenvalue weighted by Crippen LogP contribution is -2.15. The van der Waals surface area contributed by atoms with Crippen molar-refractivity contribution in [1.29, 1.82) is 0 Å². The number of para-hydroxylation sites is 2. The second-order valence-corrected chi connectivity index (χ2v) is 9.27. The van der Waals surface area contributed by atoms with Crippen LogP contribution in [0.5, 0.6) is 0 Å². The summed E-state index contributed by atoms with van der Waals surface area (Å²) in [4.78, 5) is 12.6. The summed E-state index contributed by atoms with van der Waals surface area (Å²) in [5.41, 5.74) is 7.58. The van der Waals surface area contributed by atoms with Crippen LogP contribution in [0.1, 0.15) is 28.1 Å². The van der Waals surface area contributed by atoms with Crippen molar-refractivity contribution in [2.45, 2.75) is 39.4 Å². The second kappa shape index (κ2) is 10.6. The van der Waals surface area contributed by atoms with Gasteiger partial charge in [0.05, 0.1) is 12.3 Å². The van der Waals surface area contributed by atoms with E-state index in [1.807, 2.05) is 60.0 Å². The standard InChI is InChI=1S/C27H29N5OS/c1-18-13-14-22(15-21(18)4)29-25(33)17-34-27-31-30-24(32(27)23-11-6-5-7-12-23)16-28-26-19(2)9-8-10-20(26)3/h5-15,28H,16-17H2,1-4H3,(H,29,33). The van der Waals surface area contributed by atoms with E-state index in [0.29, 0.717) is 11.7 Å². The summed E-state index contributed by atoms with van der Waals surface area (Å²) >= 11 is 1.37. The van der Waals surface area contributed by atoms with Crippen LogP contribution >= 0.6 is 11.8 Å². The molecule has 0 aliphatic heterocycles. The van der Waals surface area contributed by atoms with Gasteiger partial charge >= 0.3 is 0 Å². The van der Waals surface area contributed by atoms with Crippen molar-refractivity contribution in [1.82, 2.24) is 14.8 Å². The number of benzene rings is 3. The molecule has 2 N–H and O–H groups in total. The van der Waals surface area contributed by atoms with Crippen LogP contribution in [0.2, 0.25) is 0 Å². The van der Waals surface area contributed by atoms with E-state index in [-0.39, 0.29) is 11.7 Å². The van der Waals surface area contributed by atoms with Crippen LogP contribution in [-0.4, -0.2) is 26.4 Å². The van der Waals surface area contributed by atoms with Crippen LogP contribution in [0.3, 0.4) is 0 Å². The molecule has 0 radical (unpaired) electrons. The quantitative estimate of drug-likeness (QED) is 0.316. The molecule has 34 heavy (non-hydrogen) atoms. The van der Waals surface area contributed by atoms with Gasteiger partial charge in [-0.25, -0.2) is 0 Å². The number of nitrogens with one attached hydrogen (secondary N) is 2. The maximum absolute atomic E-state index is 12.6. The smallest absolute Gasteiger partial charge is 0.234 e. The lowest BCUT2D eigenvalue weighted by atomic mass is 10.1. The highest BCUT2D eigenvalue weighted by Gasteiger charge is 2.16. The number of nitrogens with zero attached hydrogens (tertiary/aromatic N) is 3. The first-order valence-corrected chi connectivity index (χ1v) is 12.2. The van der Waals surface area contributed by atoms with Gasteiger partial charge in [-0.1, -0.05) is 54.2 Å². The number of hydrogen-bond acceptors (Lipinski definition) is 5. The van der Waals surface area contributed by atoms with Crippen LogP contribution in [0.15, 0.2) is 71.9 Å². The van der Waals surface area contributed by atoms with Crippen molar-refractivity contribution >= 4 is 29.0 Å². The molecule has 7 heteroatoms. The number of carbonyl (C=O) groups excluding carboxylic acids is 1. The SMILES string of the molecule is Cc1ccc(NC(=O)CSc2nnc(CNc3c(C)cccc3C)n2-c2ccccc2)cc1C. The fourth-order valence-corrected chi connectivity index (χ4v) is 4.52.